The second kappa shape index (κ2) is 6.83. The minimum absolute atomic E-state index is 0.120. The fraction of sp³-hybridized carbons (Fsp3) is 0.263. The molecule has 2 aromatic rings. The van der Waals surface area contributed by atoms with Gasteiger partial charge in [-0.05, 0) is 18.2 Å². The van der Waals surface area contributed by atoms with Crippen LogP contribution in [-0.4, -0.2) is 28.8 Å². The molecule has 28 heavy (non-hydrogen) atoms. The minimum Gasteiger partial charge on any atom is -0.496 e. The number of non-ortho nitro benzene ring substituents is 1. The zero-order valence-electron chi connectivity index (χ0n) is 14.9. The topological polar surface area (TPSA) is 99.0 Å². The zero-order chi connectivity index (χ0) is 19.9. The molecule has 1 unspecified atom stereocenters. The first kappa shape index (κ1) is 18.3. The van der Waals surface area contributed by atoms with Gasteiger partial charge in [0.1, 0.15) is 12.4 Å². The van der Waals surface area contributed by atoms with Crippen LogP contribution in [0.2, 0.25) is 0 Å². The molecule has 1 saturated heterocycles. The molecule has 2 aromatic carbocycles. The molecule has 9 heteroatoms. The maximum Gasteiger partial charge on any atom is 0.343 e. The van der Waals surface area contributed by atoms with Gasteiger partial charge >= 0.3 is 5.97 Å². The Kier molecular flexibility index (Phi) is 4.46. The van der Waals surface area contributed by atoms with Gasteiger partial charge in [-0.15, -0.1) is 0 Å². The Balaban J connectivity index is 1.59. The number of carbonyl (C=O) groups excluding carboxylic acids is 2. The summed E-state index contributed by atoms with van der Waals surface area (Å²) in [7, 11) is 1.44. The third kappa shape index (κ3) is 2.78. The highest BCUT2D eigenvalue weighted by atomic mass is 32.2. The van der Waals surface area contributed by atoms with Crippen molar-refractivity contribution in [3.63, 3.8) is 0 Å². The number of thioether (sulfide) groups is 1. The van der Waals surface area contributed by atoms with Crippen molar-refractivity contribution in [2.75, 3.05) is 12.0 Å². The third-order valence-corrected chi connectivity index (χ3v) is 6.28. The molecule has 0 aromatic heterocycles. The van der Waals surface area contributed by atoms with Crippen LogP contribution >= 0.6 is 11.8 Å². The number of fused-ring (bicyclic) bond motifs is 3. The van der Waals surface area contributed by atoms with E-state index in [9.17, 15) is 19.7 Å². The van der Waals surface area contributed by atoms with E-state index in [2.05, 4.69) is 0 Å². The Morgan fingerprint density at radius 3 is 2.86 bits per heavy atom. The number of benzene rings is 2. The maximum atomic E-state index is 13.0. The number of methoxy groups -OCH3 is 1. The van der Waals surface area contributed by atoms with Crippen LogP contribution in [0.3, 0.4) is 0 Å². The Labute approximate surface area is 164 Å². The standard InChI is InChI=1S/C19H16N2O6S/c1-26-15-7-6-13(21(24)25)10-12(15)11-27-18(23)19-9-8-17(22)20(19)14-4-2-3-5-16(14)28-19/h2-7,10H,8-9,11H2,1H3. The number of hydrogen-bond donors (Lipinski definition) is 0. The average Bonchev–Trinajstić information content (AvgIpc) is 3.21. The van der Waals surface area contributed by atoms with E-state index in [0.717, 1.165) is 4.90 Å². The summed E-state index contributed by atoms with van der Waals surface area (Å²) in [6, 6.07) is 11.5. The molecule has 2 heterocycles. The molecule has 0 aliphatic carbocycles. The molecule has 1 fully saturated rings. The molecule has 8 nitrogen and oxygen atoms in total. The van der Waals surface area contributed by atoms with E-state index >= 15 is 0 Å². The molecule has 0 N–H and O–H groups in total. The van der Waals surface area contributed by atoms with Gasteiger partial charge in [0.25, 0.3) is 5.69 Å². The first-order valence-corrected chi connectivity index (χ1v) is 9.37. The van der Waals surface area contributed by atoms with Crippen LogP contribution in [0.25, 0.3) is 0 Å². The van der Waals surface area contributed by atoms with Crippen LogP contribution in [0, 0.1) is 10.1 Å². The number of carbonyl (C=O) groups is 2. The second-order valence-electron chi connectivity index (χ2n) is 6.41. The molecular weight excluding hydrogens is 384 g/mol. The van der Waals surface area contributed by atoms with E-state index in [1.165, 1.54) is 42.0 Å². The Morgan fingerprint density at radius 2 is 2.11 bits per heavy atom. The molecule has 2 aliphatic heterocycles. The van der Waals surface area contributed by atoms with Gasteiger partial charge in [0, 0.05) is 35.4 Å². The summed E-state index contributed by atoms with van der Waals surface area (Å²) in [4.78, 5) is 37.2. The summed E-state index contributed by atoms with van der Waals surface area (Å²) in [5.41, 5.74) is 0.975. The van der Waals surface area contributed by atoms with Gasteiger partial charge < -0.3 is 9.47 Å². The fourth-order valence-electron chi connectivity index (χ4n) is 3.52. The molecule has 1 atom stereocenters. The lowest BCUT2D eigenvalue weighted by Crippen LogP contribution is -2.47. The van der Waals surface area contributed by atoms with Crippen molar-refractivity contribution in [3.05, 3.63) is 58.1 Å². The first-order chi connectivity index (χ1) is 13.5. The quantitative estimate of drug-likeness (QED) is 0.431. The monoisotopic (exact) mass is 400 g/mol. The van der Waals surface area contributed by atoms with E-state index < -0.39 is 15.8 Å². The molecule has 144 valence electrons. The van der Waals surface area contributed by atoms with Crippen LogP contribution < -0.4 is 9.64 Å². The summed E-state index contributed by atoms with van der Waals surface area (Å²) >= 11 is 1.31. The van der Waals surface area contributed by atoms with E-state index in [1.54, 1.807) is 0 Å². The molecule has 1 amide bonds. The van der Waals surface area contributed by atoms with E-state index in [1.807, 2.05) is 24.3 Å². The predicted molar refractivity (Wildman–Crippen MR) is 101 cm³/mol. The van der Waals surface area contributed by atoms with Crippen LogP contribution in [0.5, 0.6) is 5.75 Å². The van der Waals surface area contributed by atoms with Gasteiger partial charge in [0.05, 0.1) is 17.7 Å². The summed E-state index contributed by atoms with van der Waals surface area (Å²) in [6.45, 7) is -0.190. The SMILES string of the molecule is COc1ccc([N+](=O)[O-])cc1COC(=O)C12CCC(=O)N1c1ccccc1S2. The highest BCUT2D eigenvalue weighted by Gasteiger charge is 2.58. The van der Waals surface area contributed by atoms with Crippen molar-refractivity contribution in [1.29, 1.82) is 0 Å². The molecule has 0 bridgehead atoms. The van der Waals surface area contributed by atoms with E-state index in [-0.39, 0.29) is 24.6 Å². The van der Waals surface area contributed by atoms with Crippen molar-refractivity contribution in [2.24, 2.45) is 0 Å². The molecule has 2 aliphatic rings. The van der Waals surface area contributed by atoms with Crippen molar-refractivity contribution < 1.29 is 24.0 Å². The summed E-state index contributed by atoms with van der Waals surface area (Å²) in [5.74, 6) is -0.284. The third-order valence-electron chi connectivity index (χ3n) is 4.83. The van der Waals surface area contributed by atoms with Crippen molar-refractivity contribution >= 4 is 35.0 Å². The van der Waals surface area contributed by atoms with Crippen molar-refractivity contribution in [3.8, 4) is 5.75 Å². The van der Waals surface area contributed by atoms with E-state index in [0.29, 0.717) is 23.4 Å². The molecule has 0 saturated carbocycles. The molecular formula is C19H16N2O6S. The number of rotatable bonds is 5. The van der Waals surface area contributed by atoms with E-state index in [4.69, 9.17) is 9.47 Å². The number of nitro benzene ring substituents is 1. The van der Waals surface area contributed by atoms with Gasteiger partial charge in [-0.3, -0.25) is 19.8 Å². The predicted octanol–water partition coefficient (Wildman–Crippen LogP) is 3.28. The van der Waals surface area contributed by atoms with Gasteiger partial charge in [-0.25, -0.2) is 4.79 Å². The normalized spacial score (nSPS) is 19.9. The van der Waals surface area contributed by atoms with Crippen LogP contribution in [0.4, 0.5) is 11.4 Å². The largest absolute Gasteiger partial charge is 0.496 e. The summed E-state index contributed by atoms with van der Waals surface area (Å²) in [6.07, 6.45) is 0.604. The van der Waals surface area contributed by atoms with Crippen LogP contribution in [-0.2, 0) is 20.9 Å². The van der Waals surface area contributed by atoms with Crippen molar-refractivity contribution in [2.45, 2.75) is 29.2 Å². The number of esters is 1. The Morgan fingerprint density at radius 1 is 1.32 bits per heavy atom. The lowest BCUT2D eigenvalue weighted by Gasteiger charge is -2.28. The number of ether oxygens (including phenoxy) is 2. The van der Waals surface area contributed by atoms with Gasteiger partial charge in [0.2, 0.25) is 5.91 Å². The highest BCUT2D eigenvalue weighted by Crippen LogP contribution is 2.56. The number of anilines is 1. The molecule has 0 spiro atoms. The lowest BCUT2D eigenvalue weighted by atomic mass is 10.1. The van der Waals surface area contributed by atoms with Crippen LogP contribution in [0.1, 0.15) is 18.4 Å². The maximum absolute atomic E-state index is 13.0. The van der Waals surface area contributed by atoms with Crippen LogP contribution in [0.15, 0.2) is 47.4 Å². The molecule has 0 radical (unpaired) electrons. The van der Waals surface area contributed by atoms with Gasteiger partial charge in [-0.2, -0.15) is 0 Å². The number of nitro groups is 1. The average molecular weight is 400 g/mol. The highest BCUT2D eigenvalue weighted by molar-refractivity contribution is 8.02. The minimum atomic E-state index is -1.13. The number of para-hydroxylation sites is 1. The Bertz CT molecular complexity index is 994. The first-order valence-electron chi connectivity index (χ1n) is 8.56. The molecule has 4 rings (SSSR count). The van der Waals surface area contributed by atoms with Crippen molar-refractivity contribution in [1.82, 2.24) is 0 Å². The van der Waals surface area contributed by atoms with Gasteiger partial charge in [-0.1, -0.05) is 23.9 Å². The number of nitrogens with zero attached hydrogens (tertiary/aromatic N) is 2. The van der Waals surface area contributed by atoms with Gasteiger partial charge in [0.15, 0.2) is 4.87 Å². The Hall–Kier alpha value is -3.07. The lowest BCUT2D eigenvalue weighted by molar-refractivity contribution is -0.385. The zero-order valence-corrected chi connectivity index (χ0v) is 15.7. The summed E-state index contributed by atoms with van der Waals surface area (Å²) < 4.78 is 10.7. The fourth-order valence-corrected chi connectivity index (χ4v) is 4.93. The second-order valence-corrected chi connectivity index (χ2v) is 7.73. The summed E-state index contributed by atoms with van der Waals surface area (Å²) in [5, 5.41) is 11.0. The smallest absolute Gasteiger partial charge is 0.343 e. The number of amides is 1. The number of hydrogen-bond acceptors (Lipinski definition) is 7.